The van der Waals surface area contributed by atoms with Crippen LogP contribution in [0.15, 0.2) is 24.3 Å². The molecule has 4 N–H and O–H groups in total. The predicted molar refractivity (Wildman–Crippen MR) is 104 cm³/mol. The van der Waals surface area contributed by atoms with Gasteiger partial charge in [0.15, 0.2) is 0 Å². The fourth-order valence-corrected chi connectivity index (χ4v) is 4.10. The second kappa shape index (κ2) is 8.04. The fourth-order valence-electron chi connectivity index (χ4n) is 4.10. The molecular weight excluding hydrogens is 326 g/mol. The van der Waals surface area contributed by atoms with Gasteiger partial charge in [-0.3, -0.25) is 9.59 Å². The number of nitrogens with zero attached hydrogens (tertiary/aromatic N) is 1. The Hall–Kier alpha value is -2.14. The first-order valence-corrected chi connectivity index (χ1v) is 9.65. The molecule has 26 heavy (non-hydrogen) atoms. The lowest BCUT2D eigenvalue weighted by Gasteiger charge is -2.33. The van der Waals surface area contributed by atoms with Crippen LogP contribution < -0.4 is 11.5 Å². The maximum Gasteiger partial charge on any atom is 0.249 e. The Morgan fingerprint density at radius 3 is 2.50 bits per heavy atom. The lowest BCUT2D eigenvalue weighted by molar-refractivity contribution is -0.133. The van der Waals surface area contributed by atoms with Crippen LogP contribution in [0, 0.1) is 0 Å². The molecule has 0 spiro atoms. The molecule has 1 atom stereocenters. The zero-order chi connectivity index (χ0) is 18.7. The van der Waals surface area contributed by atoms with Gasteiger partial charge < -0.3 is 16.4 Å². The number of primary amides is 1. The zero-order valence-electron chi connectivity index (χ0n) is 15.5. The molecule has 1 heterocycles. The molecule has 3 rings (SSSR count). The monoisotopic (exact) mass is 355 g/mol. The van der Waals surface area contributed by atoms with E-state index in [1.54, 1.807) is 6.92 Å². The molecule has 1 aliphatic carbocycles. The minimum Gasteiger partial charge on any atom is -0.366 e. The molecule has 2 amide bonds. The number of nitrogens with two attached hydrogens (primary N) is 2. The summed E-state index contributed by atoms with van der Waals surface area (Å²) in [6, 6.07) is 5.62. The van der Waals surface area contributed by atoms with E-state index < -0.39 is 6.04 Å². The Bertz CT molecular complexity index is 716. The number of allylic oxidation sites excluding steroid dienone is 2. The summed E-state index contributed by atoms with van der Waals surface area (Å²) in [5, 5.41) is 0. The highest BCUT2D eigenvalue weighted by Gasteiger charge is 2.26. The Balaban J connectivity index is 1.80. The third-order valence-electron chi connectivity index (χ3n) is 5.61. The third-order valence-corrected chi connectivity index (χ3v) is 5.61. The van der Waals surface area contributed by atoms with Crippen LogP contribution in [0.25, 0.3) is 5.57 Å². The number of benzene rings is 1. The Morgan fingerprint density at radius 2 is 1.92 bits per heavy atom. The maximum absolute atomic E-state index is 12.1. The molecule has 1 aromatic rings. The Kier molecular flexibility index (Phi) is 5.77. The summed E-state index contributed by atoms with van der Waals surface area (Å²) in [4.78, 5) is 25.8. The van der Waals surface area contributed by atoms with E-state index in [9.17, 15) is 9.59 Å². The van der Waals surface area contributed by atoms with E-state index in [2.05, 4.69) is 12.1 Å². The number of hydrogen-bond donors (Lipinski definition) is 2. The van der Waals surface area contributed by atoms with Crippen LogP contribution in [0.4, 0.5) is 0 Å². The lowest BCUT2D eigenvalue weighted by atomic mass is 9.84. The van der Waals surface area contributed by atoms with Crippen LogP contribution >= 0.6 is 0 Å². The first-order valence-electron chi connectivity index (χ1n) is 9.65. The molecule has 5 heteroatoms. The van der Waals surface area contributed by atoms with Crippen LogP contribution in [-0.2, 0) is 4.79 Å². The maximum atomic E-state index is 12.1. The van der Waals surface area contributed by atoms with E-state index in [1.807, 2.05) is 17.0 Å². The molecule has 140 valence electrons. The molecule has 0 radical (unpaired) electrons. The largest absolute Gasteiger partial charge is 0.366 e. The molecule has 1 aliphatic heterocycles. The van der Waals surface area contributed by atoms with Crippen molar-refractivity contribution >= 4 is 17.4 Å². The summed E-state index contributed by atoms with van der Waals surface area (Å²) >= 11 is 0. The summed E-state index contributed by atoms with van der Waals surface area (Å²) in [7, 11) is 0. The van der Waals surface area contributed by atoms with Crippen molar-refractivity contribution < 1.29 is 9.59 Å². The lowest BCUT2D eigenvalue weighted by Crippen LogP contribution is -2.45. The molecule has 2 aliphatic rings. The van der Waals surface area contributed by atoms with E-state index in [4.69, 9.17) is 11.5 Å². The smallest absolute Gasteiger partial charge is 0.249 e. The van der Waals surface area contributed by atoms with Gasteiger partial charge in [0.1, 0.15) is 0 Å². The zero-order valence-corrected chi connectivity index (χ0v) is 15.5. The molecule has 0 bridgehead atoms. The van der Waals surface area contributed by atoms with Crippen LogP contribution in [0.2, 0.25) is 0 Å². The number of amides is 2. The summed E-state index contributed by atoms with van der Waals surface area (Å²) in [5.74, 6) is 0.0629. The third kappa shape index (κ3) is 3.98. The van der Waals surface area contributed by atoms with Crippen LogP contribution in [0.3, 0.4) is 0 Å². The molecule has 0 aromatic heterocycles. The molecule has 1 fully saturated rings. The first-order chi connectivity index (χ1) is 12.5. The van der Waals surface area contributed by atoms with E-state index in [-0.39, 0.29) is 11.8 Å². The Labute approximate surface area is 155 Å². The average Bonchev–Trinajstić information content (AvgIpc) is 2.67. The van der Waals surface area contributed by atoms with Gasteiger partial charge in [-0.25, -0.2) is 0 Å². The second-order valence-electron chi connectivity index (χ2n) is 7.53. The van der Waals surface area contributed by atoms with Crippen LogP contribution in [-0.4, -0.2) is 35.8 Å². The fraction of sp³-hybridized carbons (Fsp3) is 0.524. The number of hydrogen-bond acceptors (Lipinski definition) is 3. The minimum absolute atomic E-state index is 0.0283. The summed E-state index contributed by atoms with van der Waals surface area (Å²) in [6.45, 7) is 3.21. The van der Waals surface area contributed by atoms with E-state index >= 15 is 0 Å². The SMILES string of the molecule is CC(N)C(=O)N1CCC(c2ccc(C(N)=O)c(C3=CCCCC3)c2)CC1. The van der Waals surface area contributed by atoms with Crippen molar-refractivity contribution in [3.05, 3.63) is 41.0 Å². The van der Waals surface area contributed by atoms with Crippen molar-refractivity contribution in [2.75, 3.05) is 13.1 Å². The van der Waals surface area contributed by atoms with Crippen molar-refractivity contribution in [1.82, 2.24) is 4.90 Å². The number of rotatable bonds is 4. The molecule has 1 unspecified atom stereocenters. The number of likely N-dealkylation sites (tertiary alicyclic amines) is 1. The second-order valence-corrected chi connectivity index (χ2v) is 7.53. The van der Waals surface area contributed by atoms with Crippen LogP contribution in [0.1, 0.15) is 72.9 Å². The normalized spacial score (nSPS) is 19.8. The standard InChI is InChI=1S/C21H29N3O2/c1-14(22)21(26)24-11-9-15(10-12-24)17-7-8-18(20(23)25)19(13-17)16-5-3-2-4-6-16/h5,7-8,13-15H,2-4,6,9-12,22H2,1H3,(H2,23,25). The molecular formula is C21H29N3O2. The van der Waals surface area contributed by atoms with Gasteiger partial charge in [-0.05, 0) is 74.1 Å². The number of carbonyl (C=O) groups excluding carboxylic acids is 2. The van der Waals surface area contributed by atoms with E-state index in [1.165, 1.54) is 17.6 Å². The topological polar surface area (TPSA) is 89.4 Å². The molecule has 0 saturated carbocycles. The molecule has 1 aromatic carbocycles. The Morgan fingerprint density at radius 1 is 1.19 bits per heavy atom. The van der Waals surface area contributed by atoms with Crippen LogP contribution in [0.5, 0.6) is 0 Å². The number of piperidine rings is 1. The van der Waals surface area contributed by atoms with Crippen molar-refractivity contribution in [2.45, 2.75) is 57.4 Å². The quantitative estimate of drug-likeness (QED) is 0.870. The van der Waals surface area contributed by atoms with Gasteiger partial charge in [0.05, 0.1) is 6.04 Å². The first kappa shape index (κ1) is 18.6. The average molecular weight is 355 g/mol. The summed E-state index contributed by atoms with van der Waals surface area (Å²) in [5.41, 5.74) is 15.4. The van der Waals surface area contributed by atoms with Gasteiger partial charge in [0, 0.05) is 18.7 Å². The van der Waals surface area contributed by atoms with Crippen molar-refractivity contribution in [1.29, 1.82) is 0 Å². The van der Waals surface area contributed by atoms with E-state index in [0.29, 0.717) is 11.5 Å². The molecule has 5 nitrogen and oxygen atoms in total. The van der Waals surface area contributed by atoms with Crippen molar-refractivity contribution in [3.63, 3.8) is 0 Å². The van der Waals surface area contributed by atoms with Gasteiger partial charge in [-0.1, -0.05) is 18.2 Å². The molecule has 1 saturated heterocycles. The highest BCUT2D eigenvalue weighted by molar-refractivity contribution is 5.98. The number of carbonyl (C=O) groups is 2. The van der Waals surface area contributed by atoms with Gasteiger partial charge in [-0.2, -0.15) is 0 Å². The predicted octanol–water partition coefficient (Wildman–Crippen LogP) is 2.80. The van der Waals surface area contributed by atoms with Crippen molar-refractivity contribution in [2.24, 2.45) is 11.5 Å². The van der Waals surface area contributed by atoms with Gasteiger partial charge >= 0.3 is 0 Å². The summed E-state index contributed by atoms with van der Waals surface area (Å²) in [6.07, 6.45) is 8.53. The van der Waals surface area contributed by atoms with E-state index in [0.717, 1.165) is 50.8 Å². The highest BCUT2D eigenvalue weighted by Crippen LogP contribution is 2.34. The van der Waals surface area contributed by atoms with Gasteiger partial charge in [0.2, 0.25) is 11.8 Å². The highest BCUT2D eigenvalue weighted by atomic mass is 16.2. The van der Waals surface area contributed by atoms with Crippen molar-refractivity contribution in [3.8, 4) is 0 Å². The van der Waals surface area contributed by atoms with Gasteiger partial charge in [-0.15, -0.1) is 0 Å². The summed E-state index contributed by atoms with van der Waals surface area (Å²) < 4.78 is 0. The minimum atomic E-state index is -0.439. The van der Waals surface area contributed by atoms with Gasteiger partial charge in [0.25, 0.3) is 0 Å².